The Morgan fingerprint density at radius 1 is 1.54 bits per heavy atom. The first-order valence-electron chi connectivity index (χ1n) is 4.83. The van der Waals surface area contributed by atoms with E-state index >= 15 is 0 Å². The lowest BCUT2D eigenvalue weighted by Crippen LogP contribution is -2.44. The summed E-state index contributed by atoms with van der Waals surface area (Å²) in [6, 6.07) is 0. The lowest BCUT2D eigenvalue weighted by molar-refractivity contribution is -0.145. The molecule has 0 bridgehead atoms. The number of hydrogen-bond acceptors (Lipinski definition) is 3. The molecule has 2 aliphatic heterocycles. The van der Waals surface area contributed by atoms with Gasteiger partial charge in [0, 0.05) is 13.0 Å². The third-order valence-corrected chi connectivity index (χ3v) is 3.81. The Morgan fingerprint density at radius 3 is 2.92 bits per heavy atom. The molecular weight excluding hydrogens is 186 g/mol. The van der Waals surface area contributed by atoms with Crippen molar-refractivity contribution in [3.63, 3.8) is 0 Å². The van der Waals surface area contributed by atoms with E-state index in [0.717, 1.165) is 19.6 Å². The first kappa shape index (κ1) is 9.34. The number of carbonyl (C=O) groups excluding carboxylic acids is 1. The van der Waals surface area contributed by atoms with Crippen LogP contribution < -0.4 is 5.32 Å². The summed E-state index contributed by atoms with van der Waals surface area (Å²) in [5.41, 5.74) is 0. The molecule has 2 unspecified atom stereocenters. The normalized spacial score (nSPS) is 32.6. The fourth-order valence-electron chi connectivity index (χ4n) is 1.55. The van der Waals surface area contributed by atoms with E-state index in [0.29, 0.717) is 5.92 Å². The van der Waals surface area contributed by atoms with Crippen LogP contribution in [0.4, 0.5) is 0 Å². The second-order valence-corrected chi connectivity index (χ2v) is 4.77. The molecule has 0 saturated carbocycles. The average Bonchev–Trinajstić information content (AvgIpc) is 2.49. The molecule has 1 N–H and O–H groups in total. The molecule has 0 aromatic rings. The smallest absolute Gasteiger partial charge is 0.249 e. The highest BCUT2D eigenvalue weighted by Crippen LogP contribution is 2.22. The average molecular weight is 201 g/mol. The van der Waals surface area contributed by atoms with Crippen molar-refractivity contribution >= 4 is 17.7 Å². The van der Waals surface area contributed by atoms with E-state index in [1.807, 2.05) is 11.8 Å². The van der Waals surface area contributed by atoms with Gasteiger partial charge in [-0.25, -0.2) is 0 Å². The lowest BCUT2D eigenvalue weighted by Gasteiger charge is -2.25. The number of carbonyl (C=O) groups is 1. The number of amides is 1. The van der Waals surface area contributed by atoms with Crippen molar-refractivity contribution in [2.45, 2.75) is 18.9 Å². The first-order chi connectivity index (χ1) is 6.36. The van der Waals surface area contributed by atoms with Crippen LogP contribution in [0.5, 0.6) is 0 Å². The van der Waals surface area contributed by atoms with Crippen molar-refractivity contribution in [1.29, 1.82) is 0 Å². The topological polar surface area (TPSA) is 38.3 Å². The molecular formula is C9H15NO2S. The number of nitrogens with one attached hydrogen (secondary N) is 1. The van der Waals surface area contributed by atoms with Gasteiger partial charge < -0.3 is 10.1 Å². The summed E-state index contributed by atoms with van der Waals surface area (Å²) >= 11 is 1.98. The molecule has 74 valence electrons. The van der Waals surface area contributed by atoms with Crippen LogP contribution in [0.2, 0.25) is 0 Å². The van der Waals surface area contributed by atoms with Crippen molar-refractivity contribution in [2.75, 3.05) is 24.7 Å². The molecule has 0 aromatic heterocycles. The van der Waals surface area contributed by atoms with Gasteiger partial charge in [-0.1, -0.05) is 0 Å². The van der Waals surface area contributed by atoms with Crippen molar-refractivity contribution in [1.82, 2.24) is 5.32 Å². The maximum absolute atomic E-state index is 11.3. The Kier molecular flexibility index (Phi) is 3.11. The molecule has 3 nitrogen and oxygen atoms in total. The van der Waals surface area contributed by atoms with Gasteiger partial charge in [0.15, 0.2) is 0 Å². The SMILES string of the molecule is O=C(NCC1CCSC1)C1CCO1. The summed E-state index contributed by atoms with van der Waals surface area (Å²) in [5.74, 6) is 3.23. The van der Waals surface area contributed by atoms with Gasteiger partial charge in [-0.05, 0) is 23.8 Å². The van der Waals surface area contributed by atoms with E-state index in [1.165, 1.54) is 17.9 Å². The highest BCUT2D eigenvalue weighted by atomic mass is 32.2. The molecule has 0 aromatic carbocycles. The van der Waals surface area contributed by atoms with Crippen LogP contribution in [-0.2, 0) is 9.53 Å². The molecule has 2 fully saturated rings. The van der Waals surface area contributed by atoms with Crippen molar-refractivity contribution in [2.24, 2.45) is 5.92 Å². The van der Waals surface area contributed by atoms with E-state index in [-0.39, 0.29) is 12.0 Å². The Bertz CT molecular complexity index is 188. The zero-order valence-corrected chi connectivity index (χ0v) is 8.44. The summed E-state index contributed by atoms with van der Waals surface area (Å²) in [4.78, 5) is 11.3. The number of ether oxygens (including phenoxy) is 1. The van der Waals surface area contributed by atoms with E-state index in [2.05, 4.69) is 5.32 Å². The van der Waals surface area contributed by atoms with Gasteiger partial charge >= 0.3 is 0 Å². The molecule has 13 heavy (non-hydrogen) atoms. The van der Waals surface area contributed by atoms with Gasteiger partial charge in [0.05, 0.1) is 6.61 Å². The third kappa shape index (κ3) is 2.38. The molecule has 0 spiro atoms. The number of thioether (sulfide) groups is 1. The van der Waals surface area contributed by atoms with Gasteiger partial charge in [-0.2, -0.15) is 11.8 Å². The summed E-state index contributed by atoms with van der Waals surface area (Å²) in [6.45, 7) is 1.59. The Labute approximate surface area is 82.6 Å². The lowest BCUT2D eigenvalue weighted by atomic mass is 10.1. The maximum Gasteiger partial charge on any atom is 0.249 e. The van der Waals surface area contributed by atoms with E-state index in [9.17, 15) is 4.79 Å². The van der Waals surface area contributed by atoms with Crippen LogP contribution in [-0.4, -0.2) is 36.7 Å². The summed E-state index contributed by atoms with van der Waals surface area (Å²) in [5, 5.41) is 2.95. The monoisotopic (exact) mass is 201 g/mol. The molecule has 0 aliphatic carbocycles. The molecule has 4 heteroatoms. The van der Waals surface area contributed by atoms with Gasteiger partial charge in [0.2, 0.25) is 5.91 Å². The van der Waals surface area contributed by atoms with Crippen LogP contribution in [0.1, 0.15) is 12.8 Å². The van der Waals surface area contributed by atoms with Crippen LogP contribution >= 0.6 is 11.8 Å². The van der Waals surface area contributed by atoms with Crippen molar-refractivity contribution in [3.05, 3.63) is 0 Å². The highest BCUT2D eigenvalue weighted by molar-refractivity contribution is 7.99. The zero-order chi connectivity index (χ0) is 9.10. The molecule has 2 rings (SSSR count). The third-order valence-electron chi connectivity index (χ3n) is 2.58. The summed E-state index contributed by atoms with van der Waals surface area (Å²) < 4.78 is 5.09. The van der Waals surface area contributed by atoms with Gasteiger partial charge in [-0.15, -0.1) is 0 Å². The van der Waals surface area contributed by atoms with Crippen LogP contribution in [0.3, 0.4) is 0 Å². The quantitative estimate of drug-likeness (QED) is 0.728. The van der Waals surface area contributed by atoms with Crippen LogP contribution in [0, 0.1) is 5.92 Å². The van der Waals surface area contributed by atoms with Crippen molar-refractivity contribution < 1.29 is 9.53 Å². The van der Waals surface area contributed by atoms with E-state index in [1.54, 1.807) is 0 Å². The maximum atomic E-state index is 11.3. The fourth-order valence-corrected chi connectivity index (χ4v) is 2.83. The standard InChI is InChI=1S/C9H15NO2S/c11-9(8-1-3-12-8)10-5-7-2-4-13-6-7/h7-8H,1-6H2,(H,10,11). The molecule has 2 aliphatic rings. The predicted molar refractivity (Wildman–Crippen MR) is 52.8 cm³/mol. The zero-order valence-electron chi connectivity index (χ0n) is 7.62. The summed E-state index contributed by atoms with van der Waals surface area (Å²) in [6.07, 6.45) is 2.00. The Balaban J connectivity index is 1.63. The molecule has 2 heterocycles. The second kappa shape index (κ2) is 4.33. The molecule has 2 saturated heterocycles. The first-order valence-corrected chi connectivity index (χ1v) is 5.99. The fraction of sp³-hybridized carbons (Fsp3) is 0.889. The largest absolute Gasteiger partial charge is 0.368 e. The van der Waals surface area contributed by atoms with Gasteiger partial charge in [-0.3, -0.25) is 4.79 Å². The number of rotatable bonds is 3. The molecule has 1 amide bonds. The second-order valence-electron chi connectivity index (χ2n) is 3.62. The summed E-state index contributed by atoms with van der Waals surface area (Å²) in [7, 11) is 0. The minimum atomic E-state index is -0.144. The van der Waals surface area contributed by atoms with E-state index < -0.39 is 0 Å². The van der Waals surface area contributed by atoms with E-state index in [4.69, 9.17) is 4.74 Å². The minimum Gasteiger partial charge on any atom is -0.368 e. The van der Waals surface area contributed by atoms with Crippen molar-refractivity contribution in [3.8, 4) is 0 Å². The Hall–Kier alpha value is -0.220. The number of hydrogen-bond donors (Lipinski definition) is 1. The minimum absolute atomic E-state index is 0.0863. The molecule has 0 radical (unpaired) electrons. The van der Waals surface area contributed by atoms with Crippen LogP contribution in [0.15, 0.2) is 0 Å². The molecule has 2 atom stereocenters. The highest BCUT2D eigenvalue weighted by Gasteiger charge is 2.26. The van der Waals surface area contributed by atoms with Gasteiger partial charge in [0.25, 0.3) is 0 Å². The predicted octanol–water partition coefficient (Wildman–Crippen LogP) is 0.645. The Morgan fingerprint density at radius 2 is 2.38 bits per heavy atom. The van der Waals surface area contributed by atoms with Gasteiger partial charge in [0.1, 0.15) is 6.10 Å². The van der Waals surface area contributed by atoms with Crippen LogP contribution in [0.25, 0.3) is 0 Å².